The summed E-state index contributed by atoms with van der Waals surface area (Å²) < 4.78 is 5.30. The van der Waals surface area contributed by atoms with Crippen LogP contribution in [0.15, 0.2) is 18.2 Å². The Morgan fingerprint density at radius 2 is 2.20 bits per heavy atom. The molecule has 0 spiro atoms. The molecule has 0 saturated heterocycles. The number of hydrogen-bond donors (Lipinski definition) is 2. The molecule has 20 heavy (non-hydrogen) atoms. The van der Waals surface area contributed by atoms with E-state index in [1.807, 2.05) is 6.07 Å². The molecule has 0 unspecified atom stereocenters. The Morgan fingerprint density at radius 1 is 1.35 bits per heavy atom. The number of aromatic amines is 1. The van der Waals surface area contributed by atoms with Crippen molar-refractivity contribution in [1.82, 2.24) is 10.2 Å². The van der Waals surface area contributed by atoms with E-state index in [0.29, 0.717) is 5.92 Å². The number of benzene rings is 1. The lowest BCUT2D eigenvalue weighted by molar-refractivity contribution is 0.414. The molecule has 0 radical (unpaired) electrons. The summed E-state index contributed by atoms with van der Waals surface area (Å²) in [6.07, 6.45) is 2.06. The molecular formula is C16H21N3O. The summed E-state index contributed by atoms with van der Waals surface area (Å²) in [6.45, 7) is 5.36. The van der Waals surface area contributed by atoms with Crippen molar-refractivity contribution < 1.29 is 4.74 Å². The molecule has 1 aromatic heterocycles. The first kappa shape index (κ1) is 13.0. The molecule has 2 aromatic rings. The molecule has 2 N–H and O–H groups in total. The summed E-state index contributed by atoms with van der Waals surface area (Å²) in [5, 5.41) is 11.1. The van der Waals surface area contributed by atoms with Crippen molar-refractivity contribution in [3.63, 3.8) is 0 Å². The topological polar surface area (TPSA) is 49.9 Å². The van der Waals surface area contributed by atoms with E-state index in [1.165, 1.54) is 16.7 Å². The predicted octanol–water partition coefficient (Wildman–Crippen LogP) is 3.25. The van der Waals surface area contributed by atoms with E-state index < -0.39 is 0 Å². The van der Waals surface area contributed by atoms with E-state index >= 15 is 0 Å². The number of hydrogen-bond acceptors (Lipinski definition) is 3. The van der Waals surface area contributed by atoms with Gasteiger partial charge in [-0.25, -0.2) is 0 Å². The van der Waals surface area contributed by atoms with Crippen molar-refractivity contribution in [3.05, 3.63) is 29.3 Å². The number of aryl methyl sites for hydroxylation is 1. The van der Waals surface area contributed by atoms with Crippen LogP contribution in [0, 0.1) is 5.92 Å². The van der Waals surface area contributed by atoms with Gasteiger partial charge in [-0.1, -0.05) is 13.8 Å². The Hall–Kier alpha value is -1.97. The summed E-state index contributed by atoms with van der Waals surface area (Å²) in [5.74, 6) is 2.54. The molecule has 0 atom stereocenters. The first-order valence-corrected chi connectivity index (χ1v) is 7.17. The quantitative estimate of drug-likeness (QED) is 0.897. The van der Waals surface area contributed by atoms with Crippen LogP contribution < -0.4 is 10.1 Å². The maximum atomic E-state index is 5.30. The lowest BCUT2D eigenvalue weighted by atomic mass is 9.90. The molecule has 1 aromatic carbocycles. The third kappa shape index (κ3) is 2.26. The number of ether oxygens (including phenoxy) is 1. The van der Waals surface area contributed by atoms with Crippen LogP contribution in [0.3, 0.4) is 0 Å². The van der Waals surface area contributed by atoms with Crippen molar-refractivity contribution >= 4 is 5.82 Å². The summed E-state index contributed by atoms with van der Waals surface area (Å²) in [4.78, 5) is 0. The van der Waals surface area contributed by atoms with Gasteiger partial charge in [-0.05, 0) is 42.5 Å². The number of methoxy groups -OCH3 is 1. The van der Waals surface area contributed by atoms with Gasteiger partial charge < -0.3 is 10.1 Å². The fraction of sp³-hybridized carbons (Fsp3) is 0.438. The second-order valence-corrected chi connectivity index (χ2v) is 5.72. The zero-order valence-electron chi connectivity index (χ0n) is 12.3. The Morgan fingerprint density at radius 3 is 2.95 bits per heavy atom. The van der Waals surface area contributed by atoms with E-state index in [9.17, 15) is 0 Å². The monoisotopic (exact) mass is 271 g/mol. The first-order valence-electron chi connectivity index (χ1n) is 7.17. The van der Waals surface area contributed by atoms with Gasteiger partial charge >= 0.3 is 0 Å². The van der Waals surface area contributed by atoms with Crippen molar-refractivity contribution in [2.24, 2.45) is 5.92 Å². The summed E-state index contributed by atoms with van der Waals surface area (Å²) >= 11 is 0. The minimum atomic E-state index is 0.613. The average molecular weight is 271 g/mol. The fourth-order valence-corrected chi connectivity index (χ4v) is 2.69. The molecular weight excluding hydrogens is 250 g/mol. The van der Waals surface area contributed by atoms with E-state index in [0.717, 1.165) is 36.6 Å². The Kier molecular flexibility index (Phi) is 3.38. The number of fused-ring (bicyclic) bond motifs is 3. The smallest absolute Gasteiger partial charge is 0.151 e. The molecule has 0 bridgehead atoms. The number of aromatic nitrogens is 2. The Labute approximate surface area is 119 Å². The molecule has 0 aliphatic heterocycles. The fourth-order valence-electron chi connectivity index (χ4n) is 2.69. The maximum Gasteiger partial charge on any atom is 0.151 e. The van der Waals surface area contributed by atoms with Crippen LogP contribution in [0.1, 0.15) is 25.0 Å². The van der Waals surface area contributed by atoms with Crippen LogP contribution in [-0.4, -0.2) is 23.9 Å². The molecule has 4 nitrogen and oxygen atoms in total. The number of nitrogens with one attached hydrogen (secondary N) is 2. The molecule has 1 aliphatic rings. The van der Waals surface area contributed by atoms with E-state index in [4.69, 9.17) is 4.74 Å². The molecule has 1 heterocycles. The third-order valence-corrected chi connectivity index (χ3v) is 3.77. The molecule has 4 heteroatoms. The van der Waals surface area contributed by atoms with Gasteiger partial charge in [0.05, 0.1) is 12.8 Å². The van der Waals surface area contributed by atoms with Crippen LogP contribution in [-0.2, 0) is 12.8 Å². The second kappa shape index (κ2) is 5.19. The second-order valence-electron chi connectivity index (χ2n) is 5.72. The van der Waals surface area contributed by atoms with Crippen LogP contribution in [0.4, 0.5) is 5.82 Å². The number of nitrogens with zero attached hydrogens (tertiary/aromatic N) is 1. The predicted molar refractivity (Wildman–Crippen MR) is 81.3 cm³/mol. The van der Waals surface area contributed by atoms with Gasteiger partial charge in [-0.2, -0.15) is 5.10 Å². The van der Waals surface area contributed by atoms with Crippen molar-refractivity contribution in [2.45, 2.75) is 26.7 Å². The Balaban J connectivity index is 1.93. The highest BCUT2D eigenvalue weighted by Gasteiger charge is 2.22. The minimum Gasteiger partial charge on any atom is -0.497 e. The largest absolute Gasteiger partial charge is 0.497 e. The van der Waals surface area contributed by atoms with E-state index in [-0.39, 0.29) is 0 Å². The van der Waals surface area contributed by atoms with Gasteiger partial charge in [-0.15, -0.1) is 0 Å². The van der Waals surface area contributed by atoms with Crippen LogP contribution in [0.2, 0.25) is 0 Å². The molecule has 0 saturated carbocycles. The van der Waals surface area contributed by atoms with Crippen LogP contribution in [0.25, 0.3) is 11.3 Å². The molecule has 1 aliphatic carbocycles. The minimum absolute atomic E-state index is 0.613. The van der Waals surface area contributed by atoms with E-state index in [1.54, 1.807) is 7.11 Å². The third-order valence-electron chi connectivity index (χ3n) is 3.77. The number of H-pyrrole nitrogens is 1. The van der Waals surface area contributed by atoms with Crippen LogP contribution in [0.5, 0.6) is 5.75 Å². The molecule has 106 valence electrons. The van der Waals surface area contributed by atoms with Gasteiger partial charge in [-0.3, -0.25) is 5.10 Å². The van der Waals surface area contributed by atoms with Gasteiger partial charge in [0.2, 0.25) is 0 Å². The zero-order valence-corrected chi connectivity index (χ0v) is 12.3. The lowest BCUT2D eigenvalue weighted by Crippen LogP contribution is -2.11. The molecule has 3 rings (SSSR count). The highest BCUT2D eigenvalue weighted by atomic mass is 16.5. The molecule has 0 amide bonds. The van der Waals surface area contributed by atoms with Gasteiger partial charge in [0.25, 0.3) is 0 Å². The van der Waals surface area contributed by atoms with Crippen LogP contribution >= 0.6 is 0 Å². The van der Waals surface area contributed by atoms with E-state index in [2.05, 4.69) is 41.5 Å². The highest BCUT2D eigenvalue weighted by Crippen LogP contribution is 2.36. The maximum absolute atomic E-state index is 5.30. The average Bonchev–Trinajstić information content (AvgIpc) is 2.87. The van der Waals surface area contributed by atoms with Crippen molar-refractivity contribution in [3.8, 4) is 17.0 Å². The number of anilines is 1. The SMILES string of the molecule is COc1ccc2c(c1)CCc1c(NCC(C)C)n[nH]c1-2. The summed E-state index contributed by atoms with van der Waals surface area (Å²) in [5.41, 5.74) is 5.04. The normalized spacial score (nSPS) is 13.0. The number of rotatable bonds is 4. The van der Waals surface area contributed by atoms with Gasteiger partial charge in [0.15, 0.2) is 5.82 Å². The lowest BCUT2D eigenvalue weighted by Gasteiger charge is -2.18. The standard InChI is InChI=1S/C16H21N3O/c1-10(2)9-17-16-14-6-4-11-8-12(20-3)5-7-13(11)15(14)18-19-16/h5,7-8,10H,4,6,9H2,1-3H3,(H2,17,18,19). The summed E-state index contributed by atoms with van der Waals surface area (Å²) in [7, 11) is 1.71. The molecule has 0 fully saturated rings. The Bertz CT molecular complexity index is 616. The summed E-state index contributed by atoms with van der Waals surface area (Å²) in [6, 6.07) is 6.26. The first-order chi connectivity index (χ1) is 9.69. The van der Waals surface area contributed by atoms with Crippen molar-refractivity contribution in [1.29, 1.82) is 0 Å². The van der Waals surface area contributed by atoms with Gasteiger partial charge in [0, 0.05) is 17.7 Å². The zero-order chi connectivity index (χ0) is 14.1. The van der Waals surface area contributed by atoms with Gasteiger partial charge in [0.1, 0.15) is 5.75 Å². The van der Waals surface area contributed by atoms with Crippen molar-refractivity contribution in [2.75, 3.05) is 19.0 Å². The highest BCUT2D eigenvalue weighted by molar-refractivity contribution is 5.74.